The van der Waals surface area contributed by atoms with E-state index in [9.17, 15) is 9.18 Å². The predicted octanol–water partition coefficient (Wildman–Crippen LogP) is 3.75. The van der Waals surface area contributed by atoms with Gasteiger partial charge in [-0.1, -0.05) is 0 Å². The van der Waals surface area contributed by atoms with E-state index in [4.69, 9.17) is 9.47 Å². The quantitative estimate of drug-likeness (QED) is 0.574. The molecule has 5 nitrogen and oxygen atoms in total. The normalized spacial score (nSPS) is 28.5. The van der Waals surface area contributed by atoms with E-state index in [0.29, 0.717) is 15.9 Å². The fourth-order valence-corrected chi connectivity index (χ4v) is 3.39. The largest absolute Gasteiger partial charge is 0.477 e. The minimum atomic E-state index is -0.791. The van der Waals surface area contributed by atoms with Gasteiger partial charge in [0.2, 0.25) is 5.95 Å². The Morgan fingerprint density at radius 1 is 1.54 bits per heavy atom. The van der Waals surface area contributed by atoms with Gasteiger partial charge in [0, 0.05) is 22.2 Å². The fraction of sp³-hybridized carbons (Fsp3) is 0.588. The van der Waals surface area contributed by atoms with Crippen LogP contribution in [0.15, 0.2) is 21.7 Å². The van der Waals surface area contributed by atoms with Crippen LogP contribution >= 0.6 is 15.9 Å². The Kier molecular flexibility index (Phi) is 4.18. The number of aromatic nitrogens is 1. The maximum Gasteiger partial charge on any atom is 0.315 e. The lowest BCUT2D eigenvalue weighted by molar-refractivity contribution is -0.153. The Hall–Kier alpha value is -1.50. The van der Waals surface area contributed by atoms with Crippen molar-refractivity contribution >= 4 is 27.8 Å². The molecule has 2 heterocycles. The molecule has 130 valence electrons. The number of carbonyl (C=O) groups excluding carboxylic acids is 1. The number of esters is 1. The third-order valence-electron chi connectivity index (χ3n) is 4.16. The molecule has 0 saturated heterocycles. The summed E-state index contributed by atoms with van der Waals surface area (Å²) in [4.78, 5) is 20.4. The molecule has 24 heavy (non-hydrogen) atoms. The second-order valence-corrected chi connectivity index (χ2v) is 8.32. The molecule has 0 spiro atoms. The molecule has 0 amide bonds. The topological polar surface area (TPSA) is 60.8 Å². The zero-order valence-corrected chi connectivity index (χ0v) is 15.7. The second kappa shape index (κ2) is 5.79. The Bertz CT molecular complexity index is 716. The van der Waals surface area contributed by atoms with E-state index in [1.165, 1.54) is 6.20 Å². The van der Waals surface area contributed by atoms with Gasteiger partial charge in [-0.25, -0.2) is 9.98 Å². The van der Waals surface area contributed by atoms with Crippen molar-refractivity contribution in [1.82, 2.24) is 4.98 Å². The average molecular weight is 399 g/mol. The first-order valence-corrected chi connectivity index (χ1v) is 8.66. The molecule has 1 aliphatic heterocycles. The number of nitrogens with zero attached hydrogens (tertiary/aromatic N) is 2. The van der Waals surface area contributed by atoms with Gasteiger partial charge in [-0.15, -0.1) is 0 Å². The van der Waals surface area contributed by atoms with E-state index in [1.54, 1.807) is 26.8 Å². The lowest BCUT2D eigenvalue weighted by Crippen LogP contribution is -2.34. The highest BCUT2D eigenvalue weighted by atomic mass is 79.9. The summed E-state index contributed by atoms with van der Waals surface area (Å²) in [6.07, 6.45) is 2.10. The molecule has 1 fully saturated rings. The maximum absolute atomic E-state index is 14.3. The molecule has 0 aromatic carbocycles. The summed E-state index contributed by atoms with van der Waals surface area (Å²) in [6, 6.07) is 1.69. The molecule has 0 N–H and O–H groups in total. The third kappa shape index (κ3) is 3.45. The maximum atomic E-state index is 14.3. The summed E-state index contributed by atoms with van der Waals surface area (Å²) in [6.45, 7) is 7.27. The summed E-state index contributed by atoms with van der Waals surface area (Å²) in [5, 5.41) is 0. The lowest BCUT2D eigenvalue weighted by Gasteiger charge is -2.31. The Morgan fingerprint density at radius 3 is 2.92 bits per heavy atom. The van der Waals surface area contributed by atoms with E-state index in [1.807, 2.05) is 6.92 Å². The molecular weight excluding hydrogens is 379 g/mol. The average Bonchev–Trinajstić information content (AvgIpc) is 3.19. The van der Waals surface area contributed by atoms with E-state index in [2.05, 4.69) is 25.9 Å². The summed E-state index contributed by atoms with van der Waals surface area (Å²) in [7, 11) is 0. The van der Waals surface area contributed by atoms with Crippen LogP contribution in [0.3, 0.4) is 0 Å². The number of hydrogen-bond donors (Lipinski definition) is 0. The van der Waals surface area contributed by atoms with Crippen molar-refractivity contribution in [3.05, 3.63) is 28.2 Å². The molecule has 0 radical (unpaired) electrons. The number of pyridine rings is 1. The molecule has 2 aliphatic rings. The van der Waals surface area contributed by atoms with Crippen LogP contribution in [0.1, 0.15) is 46.1 Å². The second-order valence-electron chi connectivity index (χ2n) is 7.41. The van der Waals surface area contributed by atoms with Crippen molar-refractivity contribution < 1.29 is 18.7 Å². The first-order valence-electron chi connectivity index (χ1n) is 7.87. The number of rotatable bonds is 3. The summed E-state index contributed by atoms with van der Waals surface area (Å²) >= 11 is 3.33. The minimum Gasteiger partial charge on any atom is -0.477 e. The van der Waals surface area contributed by atoms with Crippen LogP contribution in [0.5, 0.6) is 0 Å². The minimum absolute atomic E-state index is 0.0386. The molecule has 0 bridgehead atoms. The van der Waals surface area contributed by atoms with Crippen LogP contribution in [-0.2, 0) is 19.8 Å². The van der Waals surface area contributed by atoms with Crippen molar-refractivity contribution in [2.75, 3.05) is 0 Å². The standard InChI is InChI=1S/C17H20BrFN2O3/c1-16(2,3)24-14(22)7-13-21-17(4,10-6-12(10)23-13)11-5-9(18)8-20-15(11)19/h5,8,10,12H,6-7H2,1-4H3/t10-,12?,17-/m1/s1. The molecule has 1 aromatic heterocycles. The lowest BCUT2D eigenvalue weighted by atomic mass is 9.87. The number of hydrogen-bond acceptors (Lipinski definition) is 5. The van der Waals surface area contributed by atoms with Crippen LogP contribution in [-0.4, -0.2) is 28.6 Å². The third-order valence-corrected chi connectivity index (χ3v) is 4.60. The molecule has 7 heteroatoms. The highest BCUT2D eigenvalue weighted by molar-refractivity contribution is 9.10. The predicted molar refractivity (Wildman–Crippen MR) is 90.1 cm³/mol. The number of fused-ring (bicyclic) bond motifs is 1. The van der Waals surface area contributed by atoms with Crippen molar-refractivity contribution in [3.8, 4) is 0 Å². The van der Waals surface area contributed by atoms with Crippen LogP contribution < -0.4 is 0 Å². The molecule has 1 aliphatic carbocycles. The smallest absolute Gasteiger partial charge is 0.315 e. The van der Waals surface area contributed by atoms with Crippen molar-refractivity contribution in [2.45, 2.75) is 57.8 Å². The van der Waals surface area contributed by atoms with Gasteiger partial charge in [-0.3, -0.25) is 4.79 Å². The molecule has 1 aromatic rings. The number of aliphatic imine (C=N–C) groups is 1. The van der Waals surface area contributed by atoms with Gasteiger partial charge in [-0.05, 0) is 56.1 Å². The van der Waals surface area contributed by atoms with Crippen LogP contribution in [0, 0.1) is 11.9 Å². The Labute approximate surface area is 148 Å². The van der Waals surface area contributed by atoms with Gasteiger partial charge in [0.1, 0.15) is 18.1 Å². The van der Waals surface area contributed by atoms with Gasteiger partial charge in [0.25, 0.3) is 0 Å². The van der Waals surface area contributed by atoms with Gasteiger partial charge in [0.15, 0.2) is 5.90 Å². The molecular formula is C17H20BrFN2O3. The zero-order valence-electron chi connectivity index (χ0n) is 14.1. The molecule has 1 saturated carbocycles. The van der Waals surface area contributed by atoms with Crippen LogP contribution in [0.4, 0.5) is 4.39 Å². The van der Waals surface area contributed by atoms with Crippen molar-refractivity contribution in [2.24, 2.45) is 10.9 Å². The van der Waals surface area contributed by atoms with E-state index in [-0.39, 0.29) is 18.4 Å². The van der Waals surface area contributed by atoms with Crippen LogP contribution in [0.25, 0.3) is 0 Å². The van der Waals surface area contributed by atoms with Gasteiger partial charge < -0.3 is 9.47 Å². The summed E-state index contributed by atoms with van der Waals surface area (Å²) < 4.78 is 26.0. The summed E-state index contributed by atoms with van der Waals surface area (Å²) in [5.41, 5.74) is -0.950. The van der Waals surface area contributed by atoms with E-state index in [0.717, 1.165) is 6.42 Å². The highest BCUT2D eigenvalue weighted by Gasteiger charge is 2.57. The Morgan fingerprint density at radius 2 is 2.25 bits per heavy atom. The summed E-state index contributed by atoms with van der Waals surface area (Å²) in [5.74, 6) is -0.570. The van der Waals surface area contributed by atoms with Gasteiger partial charge in [-0.2, -0.15) is 4.39 Å². The fourth-order valence-electron chi connectivity index (χ4n) is 3.06. The molecule has 3 rings (SSSR count). The molecule has 1 unspecified atom stereocenters. The van der Waals surface area contributed by atoms with Crippen molar-refractivity contribution in [3.63, 3.8) is 0 Å². The van der Waals surface area contributed by atoms with E-state index >= 15 is 0 Å². The number of ether oxygens (including phenoxy) is 2. The first-order chi connectivity index (χ1) is 11.1. The first kappa shape index (κ1) is 17.3. The highest BCUT2D eigenvalue weighted by Crippen LogP contribution is 2.53. The van der Waals surface area contributed by atoms with Crippen molar-refractivity contribution in [1.29, 1.82) is 0 Å². The van der Waals surface area contributed by atoms with Gasteiger partial charge in [0.05, 0.1) is 5.54 Å². The number of halogens is 2. The monoisotopic (exact) mass is 398 g/mol. The SMILES string of the molecule is CC(C)(C)OC(=O)CC1=N[C@@](C)(c2cc(Br)cnc2F)[C@@H]2CC2O1. The number of carbonyl (C=O) groups is 1. The van der Waals surface area contributed by atoms with E-state index < -0.39 is 23.1 Å². The van der Waals surface area contributed by atoms with Crippen LogP contribution in [0.2, 0.25) is 0 Å². The van der Waals surface area contributed by atoms with Gasteiger partial charge >= 0.3 is 5.97 Å². The Balaban J connectivity index is 1.88. The molecule has 3 atom stereocenters. The zero-order chi connectivity index (χ0) is 17.7.